The molecule has 0 radical (unpaired) electrons. The summed E-state index contributed by atoms with van der Waals surface area (Å²) in [7, 11) is 0. The van der Waals surface area contributed by atoms with Gasteiger partial charge in [-0.3, -0.25) is 0 Å². The highest BCUT2D eigenvalue weighted by molar-refractivity contribution is 4.82. The highest BCUT2D eigenvalue weighted by atomic mass is 15.2. The van der Waals surface area contributed by atoms with E-state index in [0.717, 1.165) is 12.5 Å². The van der Waals surface area contributed by atoms with E-state index in [-0.39, 0.29) is 0 Å². The van der Waals surface area contributed by atoms with Crippen LogP contribution in [0.25, 0.3) is 0 Å². The third-order valence-corrected chi connectivity index (χ3v) is 4.11. The second-order valence-electron chi connectivity index (χ2n) is 5.25. The summed E-state index contributed by atoms with van der Waals surface area (Å²) >= 11 is 0. The lowest BCUT2D eigenvalue weighted by Crippen LogP contribution is -2.46. The predicted octanol–water partition coefficient (Wildman–Crippen LogP) is 2.51. The maximum absolute atomic E-state index is 3.80. The van der Waals surface area contributed by atoms with Crippen LogP contribution in [0, 0.1) is 0 Å². The van der Waals surface area contributed by atoms with Crippen molar-refractivity contribution < 1.29 is 0 Å². The van der Waals surface area contributed by atoms with Crippen LogP contribution in [0.3, 0.4) is 0 Å². The van der Waals surface area contributed by atoms with Crippen molar-refractivity contribution in [1.29, 1.82) is 0 Å². The molecule has 2 rings (SSSR count). The number of hydrogen-bond donors (Lipinski definition) is 0. The van der Waals surface area contributed by atoms with E-state index in [1.165, 1.54) is 64.8 Å². The zero-order valence-electron chi connectivity index (χ0n) is 10.5. The first-order valence-electron chi connectivity index (χ1n) is 6.97. The maximum atomic E-state index is 3.80. The molecule has 0 unspecified atom stereocenters. The Morgan fingerprint density at radius 2 is 1.69 bits per heavy atom. The molecule has 2 heteroatoms. The standard InChI is InChI=1S/C14H26N2/c1-2-3-9-15-12-7-14(8-13-15)16-10-5-4-6-11-16/h2,14H,1,3-13H2. The van der Waals surface area contributed by atoms with Crippen molar-refractivity contribution in [3.8, 4) is 0 Å². The van der Waals surface area contributed by atoms with Gasteiger partial charge in [-0.25, -0.2) is 0 Å². The molecule has 0 atom stereocenters. The fourth-order valence-corrected chi connectivity index (χ4v) is 3.07. The Labute approximate surface area is 100 Å². The first-order valence-corrected chi connectivity index (χ1v) is 6.97. The summed E-state index contributed by atoms with van der Waals surface area (Å²) < 4.78 is 0. The summed E-state index contributed by atoms with van der Waals surface area (Å²) in [6.07, 6.45) is 10.3. The molecular weight excluding hydrogens is 196 g/mol. The van der Waals surface area contributed by atoms with E-state index in [0.29, 0.717) is 0 Å². The van der Waals surface area contributed by atoms with Gasteiger partial charge in [0, 0.05) is 12.6 Å². The predicted molar refractivity (Wildman–Crippen MR) is 69.7 cm³/mol. The quantitative estimate of drug-likeness (QED) is 0.674. The van der Waals surface area contributed by atoms with E-state index in [4.69, 9.17) is 0 Å². The van der Waals surface area contributed by atoms with Crippen LogP contribution in [0.4, 0.5) is 0 Å². The molecule has 2 nitrogen and oxygen atoms in total. The largest absolute Gasteiger partial charge is 0.303 e. The lowest BCUT2D eigenvalue weighted by atomic mass is 10.00. The monoisotopic (exact) mass is 222 g/mol. The first kappa shape index (κ1) is 12.1. The Morgan fingerprint density at radius 3 is 2.31 bits per heavy atom. The average molecular weight is 222 g/mol. The molecule has 0 saturated carbocycles. The number of rotatable bonds is 4. The van der Waals surface area contributed by atoms with Crippen LogP contribution in [0.15, 0.2) is 12.7 Å². The molecule has 2 aliphatic rings. The minimum Gasteiger partial charge on any atom is -0.303 e. The fourth-order valence-electron chi connectivity index (χ4n) is 3.07. The Morgan fingerprint density at radius 1 is 1.00 bits per heavy atom. The molecule has 0 aromatic rings. The van der Waals surface area contributed by atoms with Gasteiger partial charge in [-0.2, -0.15) is 0 Å². The van der Waals surface area contributed by atoms with Crippen LogP contribution < -0.4 is 0 Å². The fraction of sp³-hybridized carbons (Fsp3) is 0.857. The van der Waals surface area contributed by atoms with Crippen molar-refractivity contribution >= 4 is 0 Å². The van der Waals surface area contributed by atoms with Gasteiger partial charge in [0.25, 0.3) is 0 Å². The second-order valence-corrected chi connectivity index (χ2v) is 5.25. The van der Waals surface area contributed by atoms with Gasteiger partial charge >= 0.3 is 0 Å². The lowest BCUT2D eigenvalue weighted by Gasteiger charge is -2.40. The summed E-state index contributed by atoms with van der Waals surface area (Å²) in [6, 6.07) is 0.889. The molecule has 2 fully saturated rings. The van der Waals surface area contributed by atoms with Crippen LogP contribution in [0.5, 0.6) is 0 Å². The van der Waals surface area contributed by atoms with Crippen LogP contribution in [-0.4, -0.2) is 48.6 Å². The summed E-state index contributed by atoms with van der Waals surface area (Å²) in [6.45, 7) is 10.3. The molecule has 0 aromatic heterocycles. The van der Waals surface area contributed by atoms with Crippen molar-refractivity contribution in [3.63, 3.8) is 0 Å². The van der Waals surface area contributed by atoms with Gasteiger partial charge in [-0.15, -0.1) is 6.58 Å². The molecule has 0 bridgehead atoms. The van der Waals surface area contributed by atoms with Crippen molar-refractivity contribution in [2.75, 3.05) is 32.7 Å². The molecule has 2 aliphatic heterocycles. The Kier molecular flexibility index (Phi) is 4.86. The van der Waals surface area contributed by atoms with Gasteiger partial charge in [-0.05, 0) is 58.3 Å². The van der Waals surface area contributed by atoms with E-state index >= 15 is 0 Å². The van der Waals surface area contributed by atoms with E-state index in [2.05, 4.69) is 16.4 Å². The SMILES string of the molecule is C=CCCN1CCC(N2CCCCC2)CC1. The van der Waals surface area contributed by atoms with Gasteiger partial charge in [0.2, 0.25) is 0 Å². The lowest BCUT2D eigenvalue weighted by molar-refractivity contribution is 0.0934. The Balaban J connectivity index is 1.69. The van der Waals surface area contributed by atoms with Crippen LogP contribution in [0.2, 0.25) is 0 Å². The van der Waals surface area contributed by atoms with E-state index in [9.17, 15) is 0 Å². The highest BCUT2D eigenvalue weighted by Gasteiger charge is 2.24. The summed E-state index contributed by atoms with van der Waals surface area (Å²) in [5.74, 6) is 0. The van der Waals surface area contributed by atoms with E-state index < -0.39 is 0 Å². The summed E-state index contributed by atoms with van der Waals surface area (Å²) in [4.78, 5) is 5.34. The van der Waals surface area contributed by atoms with Crippen molar-refractivity contribution in [2.24, 2.45) is 0 Å². The zero-order chi connectivity index (χ0) is 11.2. The summed E-state index contributed by atoms with van der Waals surface area (Å²) in [5, 5.41) is 0. The van der Waals surface area contributed by atoms with Gasteiger partial charge < -0.3 is 9.80 Å². The molecule has 2 heterocycles. The second kappa shape index (κ2) is 6.41. The van der Waals surface area contributed by atoms with Gasteiger partial charge in [0.15, 0.2) is 0 Å². The minimum absolute atomic E-state index is 0.889. The third-order valence-electron chi connectivity index (χ3n) is 4.11. The van der Waals surface area contributed by atoms with Gasteiger partial charge in [-0.1, -0.05) is 12.5 Å². The average Bonchev–Trinajstić information content (AvgIpc) is 2.38. The van der Waals surface area contributed by atoms with E-state index in [1.807, 2.05) is 6.08 Å². The molecule has 0 aliphatic carbocycles. The number of hydrogen-bond acceptors (Lipinski definition) is 2. The third kappa shape index (κ3) is 3.33. The highest BCUT2D eigenvalue weighted by Crippen LogP contribution is 2.20. The van der Waals surface area contributed by atoms with Gasteiger partial charge in [0.1, 0.15) is 0 Å². The normalized spacial score (nSPS) is 25.8. The molecular formula is C14H26N2. The van der Waals surface area contributed by atoms with Crippen molar-refractivity contribution in [2.45, 2.75) is 44.6 Å². The number of likely N-dealkylation sites (tertiary alicyclic amines) is 2. The smallest absolute Gasteiger partial charge is 0.0120 e. The Bertz CT molecular complexity index is 201. The Hall–Kier alpha value is -0.340. The minimum atomic E-state index is 0.889. The topological polar surface area (TPSA) is 6.48 Å². The first-order chi connectivity index (χ1) is 7.90. The zero-order valence-corrected chi connectivity index (χ0v) is 10.5. The van der Waals surface area contributed by atoms with Crippen LogP contribution in [-0.2, 0) is 0 Å². The van der Waals surface area contributed by atoms with Crippen molar-refractivity contribution in [1.82, 2.24) is 9.80 Å². The molecule has 0 N–H and O–H groups in total. The van der Waals surface area contributed by atoms with Crippen LogP contribution >= 0.6 is 0 Å². The maximum Gasteiger partial charge on any atom is 0.0120 e. The molecule has 92 valence electrons. The molecule has 2 saturated heterocycles. The molecule has 16 heavy (non-hydrogen) atoms. The number of nitrogens with zero attached hydrogens (tertiary/aromatic N) is 2. The van der Waals surface area contributed by atoms with E-state index in [1.54, 1.807) is 0 Å². The molecule has 0 spiro atoms. The molecule has 0 aromatic carbocycles. The summed E-state index contributed by atoms with van der Waals surface area (Å²) in [5.41, 5.74) is 0. The van der Waals surface area contributed by atoms with Crippen LogP contribution in [0.1, 0.15) is 38.5 Å². The van der Waals surface area contributed by atoms with Crippen molar-refractivity contribution in [3.05, 3.63) is 12.7 Å². The van der Waals surface area contributed by atoms with Gasteiger partial charge in [0.05, 0.1) is 0 Å². The number of piperidine rings is 2. The molecule has 0 amide bonds.